The van der Waals surface area contributed by atoms with Crippen LogP contribution in [0.3, 0.4) is 0 Å². The van der Waals surface area contributed by atoms with Gasteiger partial charge in [0.05, 0.1) is 6.07 Å². The molecule has 4 nitrogen and oxygen atoms in total. The number of nitriles is 1. The molecule has 1 fully saturated rings. The van der Waals surface area contributed by atoms with Gasteiger partial charge in [0.2, 0.25) is 0 Å². The van der Waals surface area contributed by atoms with Gasteiger partial charge in [0.1, 0.15) is 18.4 Å². The number of hydrogen-bond donors (Lipinski definition) is 1. The molecule has 0 radical (unpaired) electrons. The van der Waals surface area contributed by atoms with Crippen LogP contribution in [0.15, 0.2) is 28.7 Å². The third-order valence-electron chi connectivity index (χ3n) is 2.95. The molecule has 0 amide bonds. The van der Waals surface area contributed by atoms with E-state index < -0.39 is 0 Å². The van der Waals surface area contributed by atoms with Crippen molar-refractivity contribution in [2.75, 3.05) is 32.8 Å². The van der Waals surface area contributed by atoms with E-state index in [4.69, 9.17) is 10.00 Å². The summed E-state index contributed by atoms with van der Waals surface area (Å²) in [7, 11) is 0. The van der Waals surface area contributed by atoms with Crippen molar-refractivity contribution in [1.82, 2.24) is 10.2 Å². The number of piperazine rings is 1. The first-order valence-electron chi connectivity index (χ1n) is 6.02. The van der Waals surface area contributed by atoms with Crippen LogP contribution in [-0.4, -0.2) is 43.7 Å². The SMILES string of the molecule is N#CC1CNCCN1CCOc1cccc(Br)c1. The van der Waals surface area contributed by atoms with Crippen LogP contribution in [0.5, 0.6) is 5.75 Å². The fourth-order valence-electron chi connectivity index (χ4n) is 1.98. The summed E-state index contributed by atoms with van der Waals surface area (Å²) < 4.78 is 6.69. The Morgan fingerprint density at radius 1 is 1.56 bits per heavy atom. The first-order chi connectivity index (χ1) is 8.79. The van der Waals surface area contributed by atoms with E-state index in [1.807, 2.05) is 24.3 Å². The molecule has 96 valence electrons. The lowest BCUT2D eigenvalue weighted by atomic mass is 10.2. The molecular formula is C13H16BrN3O. The van der Waals surface area contributed by atoms with Crippen molar-refractivity contribution in [3.63, 3.8) is 0 Å². The molecule has 2 rings (SSSR count). The van der Waals surface area contributed by atoms with Gasteiger partial charge in [0.25, 0.3) is 0 Å². The van der Waals surface area contributed by atoms with Crippen LogP contribution in [0.1, 0.15) is 0 Å². The molecule has 1 unspecified atom stereocenters. The number of nitrogens with one attached hydrogen (secondary N) is 1. The number of halogens is 1. The number of nitrogens with zero attached hydrogens (tertiary/aromatic N) is 2. The van der Waals surface area contributed by atoms with Gasteiger partial charge in [-0.15, -0.1) is 0 Å². The van der Waals surface area contributed by atoms with Crippen LogP contribution < -0.4 is 10.1 Å². The molecule has 5 heteroatoms. The monoisotopic (exact) mass is 309 g/mol. The van der Waals surface area contributed by atoms with Gasteiger partial charge in [-0.2, -0.15) is 5.26 Å². The number of rotatable bonds is 4. The minimum absolute atomic E-state index is 0.0372. The molecule has 1 aromatic carbocycles. The van der Waals surface area contributed by atoms with E-state index in [0.29, 0.717) is 6.61 Å². The zero-order valence-corrected chi connectivity index (χ0v) is 11.7. The van der Waals surface area contributed by atoms with Crippen molar-refractivity contribution in [1.29, 1.82) is 5.26 Å². The standard InChI is InChI=1S/C13H16BrN3O/c14-11-2-1-3-13(8-11)18-7-6-17-5-4-16-10-12(17)9-15/h1-3,8,12,16H,4-7,10H2. The smallest absolute Gasteiger partial charge is 0.120 e. The molecule has 0 aromatic heterocycles. The van der Waals surface area contributed by atoms with Crippen LogP contribution in [0.4, 0.5) is 0 Å². The van der Waals surface area contributed by atoms with Crippen LogP contribution in [0.2, 0.25) is 0 Å². The van der Waals surface area contributed by atoms with E-state index in [1.165, 1.54) is 0 Å². The van der Waals surface area contributed by atoms with Gasteiger partial charge in [-0.3, -0.25) is 4.90 Å². The average molecular weight is 310 g/mol. The molecular weight excluding hydrogens is 294 g/mol. The maximum absolute atomic E-state index is 9.04. The Hall–Kier alpha value is -1.09. The van der Waals surface area contributed by atoms with E-state index in [0.717, 1.165) is 36.4 Å². The zero-order chi connectivity index (χ0) is 12.8. The Morgan fingerprint density at radius 2 is 2.44 bits per heavy atom. The average Bonchev–Trinajstić information content (AvgIpc) is 2.39. The Bertz CT molecular complexity index is 432. The highest BCUT2D eigenvalue weighted by atomic mass is 79.9. The van der Waals surface area contributed by atoms with E-state index in [2.05, 4.69) is 32.2 Å². The lowest BCUT2D eigenvalue weighted by Crippen LogP contribution is -2.51. The summed E-state index contributed by atoms with van der Waals surface area (Å²) in [5, 5.41) is 12.3. The van der Waals surface area contributed by atoms with Gasteiger partial charge in [-0.05, 0) is 18.2 Å². The summed E-state index contributed by atoms with van der Waals surface area (Å²) >= 11 is 3.41. The third kappa shape index (κ3) is 3.70. The van der Waals surface area contributed by atoms with Gasteiger partial charge in [0, 0.05) is 30.7 Å². The Morgan fingerprint density at radius 3 is 3.22 bits per heavy atom. The van der Waals surface area contributed by atoms with Crippen LogP contribution >= 0.6 is 15.9 Å². The van der Waals surface area contributed by atoms with Crippen LogP contribution in [0.25, 0.3) is 0 Å². The summed E-state index contributed by atoms with van der Waals surface area (Å²) in [6.07, 6.45) is 0. The van der Waals surface area contributed by atoms with Crippen molar-refractivity contribution in [2.45, 2.75) is 6.04 Å². The summed E-state index contributed by atoms with van der Waals surface area (Å²) in [6, 6.07) is 10.1. The minimum atomic E-state index is -0.0372. The predicted octanol–water partition coefficient (Wildman–Crippen LogP) is 1.63. The topological polar surface area (TPSA) is 48.3 Å². The van der Waals surface area contributed by atoms with Crippen molar-refractivity contribution >= 4 is 15.9 Å². The Balaban J connectivity index is 1.79. The summed E-state index contributed by atoms with van der Waals surface area (Å²) in [6.45, 7) is 3.98. The molecule has 0 aliphatic carbocycles. The summed E-state index contributed by atoms with van der Waals surface area (Å²) in [5.41, 5.74) is 0. The Kier molecular flexibility index (Phi) is 5.00. The fourth-order valence-corrected chi connectivity index (χ4v) is 2.36. The van der Waals surface area contributed by atoms with Gasteiger partial charge >= 0.3 is 0 Å². The van der Waals surface area contributed by atoms with Crippen molar-refractivity contribution in [2.24, 2.45) is 0 Å². The summed E-state index contributed by atoms with van der Waals surface area (Å²) in [4.78, 5) is 2.16. The van der Waals surface area contributed by atoms with E-state index in [-0.39, 0.29) is 6.04 Å². The van der Waals surface area contributed by atoms with Gasteiger partial charge in [-0.1, -0.05) is 22.0 Å². The zero-order valence-electron chi connectivity index (χ0n) is 10.1. The van der Waals surface area contributed by atoms with Crippen molar-refractivity contribution in [3.05, 3.63) is 28.7 Å². The maximum atomic E-state index is 9.04. The molecule has 1 saturated heterocycles. The van der Waals surface area contributed by atoms with E-state index in [1.54, 1.807) is 0 Å². The molecule has 1 aliphatic heterocycles. The van der Waals surface area contributed by atoms with Crippen LogP contribution in [-0.2, 0) is 0 Å². The van der Waals surface area contributed by atoms with Gasteiger partial charge in [-0.25, -0.2) is 0 Å². The molecule has 1 atom stereocenters. The van der Waals surface area contributed by atoms with E-state index >= 15 is 0 Å². The minimum Gasteiger partial charge on any atom is -0.492 e. The second-order valence-electron chi connectivity index (χ2n) is 4.19. The highest BCUT2D eigenvalue weighted by Crippen LogP contribution is 2.17. The molecule has 0 bridgehead atoms. The third-order valence-corrected chi connectivity index (χ3v) is 3.44. The number of benzene rings is 1. The fraction of sp³-hybridized carbons (Fsp3) is 0.462. The van der Waals surface area contributed by atoms with Crippen LogP contribution in [0, 0.1) is 11.3 Å². The highest BCUT2D eigenvalue weighted by Gasteiger charge is 2.20. The normalized spacial score (nSPS) is 20.3. The second kappa shape index (κ2) is 6.74. The molecule has 0 saturated carbocycles. The largest absolute Gasteiger partial charge is 0.492 e. The number of ether oxygens (including phenoxy) is 1. The first-order valence-corrected chi connectivity index (χ1v) is 6.81. The molecule has 1 aromatic rings. The first kappa shape index (κ1) is 13.3. The molecule has 1 N–H and O–H groups in total. The predicted molar refractivity (Wildman–Crippen MR) is 73.5 cm³/mol. The van der Waals surface area contributed by atoms with Crippen molar-refractivity contribution in [3.8, 4) is 11.8 Å². The molecule has 1 aliphatic rings. The van der Waals surface area contributed by atoms with Gasteiger partial charge < -0.3 is 10.1 Å². The van der Waals surface area contributed by atoms with Crippen molar-refractivity contribution < 1.29 is 4.74 Å². The Labute approximate surface area is 116 Å². The summed E-state index contributed by atoms with van der Waals surface area (Å²) in [5.74, 6) is 0.855. The number of hydrogen-bond acceptors (Lipinski definition) is 4. The van der Waals surface area contributed by atoms with Gasteiger partial charge in [0.15, 0.2) is 0 Å². The molecule has 1 heterocycles. The van der Waals surface area contributed by atoms with E-state index in [9.17, 15) is 0 Å². The lowest BCUT2D eigenvalue weighted by Gasteiger charge is -2.31. The molecule has 0 spiro atoms. The highest BCUT2D eigenvalue weighted by molar-refractivity contribution is 9.10. The lowest BCUT2D eigenvalue weighted by molar-refractivity contribution is 0.161. The maximum Gasteiger partial charge on any atom is 0.120 e. The molecule has 18 heavy (non-hydrogen) atoms. The quantitative estimate of drug-likeness (QED) is 0.918. The second-order valence-corrected chi connectivity index (χ2v) is 5.11.